The number of hydrogen-bond donors (Lipinski definition) is 3. The van der Waals surface area contributed by atoms with Crippen LogP contribution in [0.4, 0.5) is 4.79 Å². The summed E-state index contributed by atoms with van der Waals surface area (Å²) in [5.74, 6) is 0. The van der Waals surface area contributed by atoms with Crippen LogP contribution in [0.3, 0.4) is 0 Å². The van der Waals surface area contributed by atoms with Crippen molar-refractivity contribution in [2.24, 2.45) is 0 Å². The summed E-state index contributed by atoms with van der Waals surface area (Å²) in [4.78, 5) is 35.3. The maximum Gasteiger partial charge on any atom is 0.466 e. The van der Waals surface area contributed by atoms with Gasteiger partial charge in [0.2, 0.25) is 0 Å². The van der Waals surface area contributed by atoms with Crippen molar-refractivity contribution in [1.82, 2.24) is 9.80 Å². The molecule has 0 aromatic rings. The molecule has 0 radical (unpaired) electrons. The number of hydrogen-bond acceptors (Lipinski definition) is 2. The first-order valence-corrected chi connectivity index (χ1v) is 4.79. The molecule has 8 heteroatoms. The van der Waals surface area contributed by atoms with Gasteiger partial charge in [0.05, 0.1) is 0 Å². The number of carbonyl (C=O) groups excluding carboxylic acids is 1. The van der Waals surface area contributed by atoms with Gasteiger partial charge in [0.1, 0.15) is 0 Å². The Morgan fingerprint density at radius 3 is 1.15 bits per heavy atom. The van der Waals surface area contributed by atoms with Gasteiger partial charge in [0.25, 0.3) is 0 Å². The Kier molecular flexibility index (Phi) is 6.79. The van der Waals surface area contributed by atoms with Gasteiger partial charge in [0, 0.05) is 28.2 Å². The van der Waals surface area contributed by atoms with Crippen molar-refractivity contribution in [2.75, 3.05) is 28.2 Å². The molecule has 80 valence electrons. The highest BCUT2D eigenvalue weighted by Crippen LogP contribution is 2.25. The molecule has 0 aliphatic rings. The summed E-state index contributed by atoms with van der Waals surface area (Å²) < 4.78 is 8.88. The first-order chi connectivity index (χ1) is 5.55. The van der Waals surface area contributed by atoms with Crippen molar-refractivity contribution in [3.8, 4) is 0 Å². The Morgan fingerprint density at radius 2 is 1.15 bits per heavy atom. The highest BCUT2D eigenvalue weighted by atomic mass is 31.2. The van der Waals surface area contributed by atoms with E-state index in [2.05, 4.69) is 0 Å². The summed E-state index contributed by atoms with van der Waals surface area (Å²) >= 11 is 0. The van der Waals surface area contributed by atoms with Gasteiger partial charge in [0.15, 0.2) is 0 Å². The zero-order chi connectivity index (χ0) is 11.2. The fourth-order valence-electron chi connectivity index (χ4n) is 0.400. The van der Waals surface area contributed by atoms with Crippen LogP contribution >= 0.6 is 7.82 Å². The Bertz CT molecular complexity index is 181. The largest absolute Gasteiger partial charge is 0.466 e. The van der Waals surface area contributed by atoms with Crippen LogP contribution in [0.25, 0.3) is 0 Å². The molecule has 0 heterocycles. The van der Waals surface area contributed by atoms with Crippen molar-refractivity contribution in [3.05, 3.63) is 0 Å². The lowest BCUT2D eigenvalue weighted by Crippen LogP contribution is -2.33. The summed E-state index contributed by atoms with van der Waals surface area (Å²) in [5.41, 5.74) is 0. The monoisotopic (exact) mass is 214 g/mol. The standard InChI is InChI=1S/C5H12N2O.H3O4P/c1-6(2)5(8)7(3)4;1-5(2,3)4/h1-4H3;(H3,1,2,3,4). The predicted molar refractivity (Wildman–Crippen MR) is 47.0 cm³/mol. The molecule has 0 bridgehead atoms. The van der Waals surface area contributed by atoms with Crippen LogP contribution in [0.5, 0.6) is 0 Å². The van der Waals surface area contributed by atoms with Crippen molar-refractivity contribution >= 4 is 13.9 Å². The van der Waals surface area contributed by atoms with Gasteiger partial charge < -0.3 is 24.5 Å². The van der Waals surface area contributed by atoms with Gasteiger partial charge in [-0.25, -0.2) is 9.36 Å². The van der Waals surface area contributed by atoms with E-state index in [9.17, 15) is 4.79 Å². The van der Waals surface area contributed by atoms with Gasteiger partial charge in [-0.2, -0.15) is 0 Å². The fourth-order valence-corrected chi connectivity index (χ4v) is 0.400. The van der Waals surface area contributed by atoms with Crippen molar-refractivity contribution in [2.45, 2.75) is 0 Å². The lowest BCUT2D eigenvalue weighted by atomic mass is 10.7. The average molecular weight is 214 g/mol. The van der Waals surface area contributed by atoms with Crippen LogP contribution in [0, 0.1) is 0 Å². The highest BCUT2D eigenvalue weighted by Gasteiger charge is 2.02. The summed E-state index contributed by atoms with van der Waals surface area (Å²) in [6.45, 7) is 0. The molecule has 0 aromatic carbocycles. The molecule has 0 fully saturated rings. The molecule has 13 heavy (non-hydrogen) atoms. The van der Waals surface area contributed by atoms with E-state index < -0.39 is 7.82 Å². The van der Waals surface area contributed by atoms with E-state index >= 15 is 0 Å². The van der Waals surface area contributed by atoms with Crippen molar-refractivity contribution in [3.63, 3.8) is 0 Å². The Balaban J connectivity index is 0. The minimum absolute atomic E-state index is 0.0185. The lowest BCUT2D eigenvalue weighted by Gasteiger charge is -2.16. The maximum atomic E-state index is 10.7. The smallest absolute Gasteiger partial charge is 0.331 e. The summed E-state index contributed by atoms with van der Waals surface area (Å²) in [7, 11) is 2.26. The van der Waals surface area contributed by atoms with E-state index in [1.165, 1.54) is 9.80 Å². The zero-order valence-electron chi connectivity index (χ0n) is 8.00. The van der Waals surface area contributed by atoms with Gasteiger partial charge in [-0.1, -0.05) is 0 Å². The molecule has 0 aliphatic heterocycles. The number of rotatable bonds is 0. The number of urea groups is 1. The molecule has 0 unspecified atom stereocenters. The molecule has 0 saturated carbocycles. The van der Waals surface area contributed by atoms with Gasteiger partial charge in [-0.15, -0.1) is 0 Å². The number of phosphoric acid groups is 1. The minimum Gasteiger partial charge on any atom is -0.331 e. The summed E-state index contributed by atoms with van der Waals surface area (Å²) in [6, 6.07) is 0.0185. The molecule has 0 spiro atoms. The Morgan fingerprint density at radius 1 is 1.00 bits per heavy atom. The molecule has 7 nitrogen and oxygen atoms in total. The van der Waals surface area contributed by atoms with Gasteiger partial charge in [-0.3, -0.25) is 0 Å². The average Bonchev–Trinajstić information content (AvgIpc) is 1.81. The van der Waals surface area contributed by atoms with Crippen LogP contribution < -0.4 is 0 Å². The third-order valence-electron chi connectivity index (χ3n) is 0.765. The second-order valence-electron chi connectivity index (χ2n) is 2.58. The Hall–Kier alpha value is -0.620. The minimum atomic E-state index is -4.64. The Labute approximate surface area is 76.8 Å². The van der Waals surface area contributed by atoms with Crippen molar-refractivity contribution in [1.29, 1.82) is 0 Å². The topological polar surface area (TPSA) is 101 Å². The summed E-state index contributed by atoms with van der Waals surface area (Å²) in [6.07, 6.45) is 0. The van der Waals surface area contributed by atoms with E-state index in [4.69, 9.17) is 19.2 Å². The normalized spacial score (nSPS) is 9.77. The van der Waals surface area contributed by atoms with E-state index in [1.54, 1.807) is 28.2 Å². The molecule has 0 saturated heterocycles. The van der Waals surface area contributed by atoms with E-state index in [0.29, 0.717) is 0 Å². The number of carbonyl (C=O) groups is 1. The van der Waals surface area contributed by atoms with Crippen LogP contribution in [-0.2, 0) is 4.57 Å². The van der Waals surface area contributed by atoms with Crippen LogP contribution in [0.15, 0.2) is 0 Å². The molecule has 0 aromatic heterocycles. The second kappa shape index (κ2) is 5.93. The molecule has 0 atom stereocenters. The van der Waals surface area contributed by atoms with Crippen molar-refractivity contribution < 1.29 is 24.0 Å². The quantitative estimate of drug-likeness (QED) is 0.463. The van der Waals surface area contributed by atoms with E-state index in [1.807, 2.05) is 0 Å². The summed E-state index contributed by atoms with van der Waals surface area (Å²) in [5, 5.41) is 0. The maximum absolute atomic E-state index is 10.7. The molecule has 2 amide bonds. The molecular formula is C5H15N2O5P. The fraction of sp³-hybridized carbons (Fsp3) is 0.800. The molecule has 3 N–H and O–H groups in total. The third kappa shape index (κ3) is 18.4. The van der Waals surface area contributed by atoms with Gasteiger partial charge in [-0.05, 0) is 0 Å². The predicted octanol–water partition coefficient (Wildman–Crippen LogP) is -0.699. The number of nitrogens with zero attached hydrogens (tertiary/aromatic N) is 2. The van der Waals surface area contributed by atoms with E-state index in [0.717, 1.165) is 0 Å². The van der Waals surface area contributed by atoms with Gasteiger partial charge >= 0.3 is 13.9 Å². The van der Waals surface area contributed by atoms with Crippen LogP contribution in [0.2, 0.25) is 0 Å². The molecule has 0 rings (SSSR count). The third-order valence-corrected chi connectivity index (χ3v) is 0.765. The lowest BCUT2D eigenvalue weighted by molar-refractivity contribution is 0.191. The number of amides is 2. The van der Waals surface area contributed by atoms with Crippen LogP contribution in [0.1, 0.15) is 0 Å². The highest BCUT2D eigenvalue weighted by molar-refractivity contribution is 7.45. The molecule has 0 aliphatic carbocycles. The first-order valence-electron chi connectivity index (χ1n) is 3.22. The first kappa shape index (κ1) is 14.9. The van der Waals surface area contributed by atoms with E-state index in [-0.39, 0.29) is 6.03 Å². The SMILES string of the molecule is CN(C)C(=O)N(C)C.O=P(O)(O)O. The van der Waals surface area contributed by atoms with Crippen LogP contribution in [-0.4, -0.2) is 58.7 Å². The second-order valence-corrected chi connectivity index (χ2v) is 3.61. The zero-order valence-corrected chi connectivity index (χ0v) is 8.89. The molecular weight excluding hydrogens is 199 g/mol.